The number of carbonyl (C=O) groups excluding carboxylic acids is 2. The van der Waals surface area contributed by atoms with Crippen LogP contribution >= 0.6 is 58.4 Å². The Labute approximate surface area is 265 Å². The van der Waals surface area contributed by atoms with E-state index in [2.05, 4.69) is 26.6 Å². The number of amides is 2. The van der Waals surface area contributed by atoms with Crippen LogP contribution in [-0.2, 0) is 15.3 Å². The third kappa shape index (κ3) is 7.20. The Morgan fingerprint density at radius 3 is 2.76 bits per heavy atom. The summed E-state index contributed by atoms with van der Waals surface area (Å²) < 4.78 is 8.85. The van der Waals surface area contributed by atoms with Crippen molar-refractivity contribution in [1.29, 1.82) is 0 Å². The van der Waals surface area contributed by atoms with E-state index >= 15 is 0 Å². The molecule has 1 aliphatic carbocycles. The summed E-state index contributed by atoms with van der Waals surface area (Å²) in [6.45, 7) is 0.188. The summed E-state index contributed by atoms with van der Waals surface area (Å²) in [6, 6.07) is 15.8. The van der Waals surface area contributed by atoms with Crippen LogP contribution in [0, 0.1) is 0 Å². The van der Waals surface area contributed by atoms with Crippen LogP contribution < -0.4 is 10.1 Å². The fraction of sp³-hybridized carbons (Fsp3) is 0.310. The van der Waals surface area contributed by atoms with Crippen molar-refractivity contribution < 1.29 is 14.3 Å². The Hall–Kier alpha value is -2.84. The molecule has 1 N–H and O–H groups in total. The normalized spacial score (nSPS) is 17.0. The summed E-state index contributed by atoms with van der Waals surface area (Å²) in [5.41, 5.74) is 1.84. The van der Waals surface area contributed by atoms with E-state index in [1.54, 1.807) is 23.1 Å². The number of para-hydroxylation sites is 2. The number of thiazole rings is 1. The van der Waals surface area contributed by atoms with Crippen LogP contribution in [0.1, 0.15) is 49.1 Å². The molecule has 1 saturated heterocycles. The smallest absolute Gasteiger partial charge is 0.266 e. The maximum Gasteiger partial charge on any atom is 0.266 e. The highest BCUT2D eigenvalue weighted by atomic mass is 32.2. The molecule has 3 heterocycles. The molecule has 0 unspecified atom stereocenters. The van der Waals surface area contributed by atoms with Crippen molar-refractivity contribution in [3.05, 3.63) is 64.0 Å². The first-order valence-corrected chi connectivity index (χ1v) is 17.5. The Bertz CT molecular complexity index is 1610. The number of anilines is 1. The number of hydrogen-bond acceptors (Lipinski definition) is 11. The molecular weight excluding hydrogens is 627 g/mol. The van der Waals surface area contributed by atoms with Gasteiger partial charge in [0.1, 0.15) is 15.1 Å². The van der Waals surface area contributed by atoms with Gasteiger partial charge in [-0.15, -0.1) is 21.5 Å². The molecule has 0 bridgehead atoms. The second-order valence-corrected chi connectivity index (χ2v) is 14.8. The Kier molecular flexibility index (Phi) is 9.49. The van der Waals surface area contributed by atoms with Crippen LogP contribution in [0.4, 0.5) is 5.13 Å². The Morgan fingerprint density at radius 2 is 1.90 bits per heavy atom. The zero-order valence-corrected chi connectivity index (χ0v) is 26.6. The number of rotatable bonds is 10. The summed E-state index contributed by atoms with van der Waals surface area (Å²) in [5, 5.41) is 12.3. The van der Waals surface area contributed by atoms with E-state index < -0.39 is 0 Å². The highest BCUT2D eigenvalue weighted by Crippen LogP contribution is 2.36. The summed E-state index contributed by atoms with van der Waals surface area (Å²) in [5.74, 6) is 0.950. The molecule has 1 aliphatic heterocycles. The zero-order valence-electron chi connectivity index (χ0n) is 22.5. The van der Waals surface area contributed by atoms with Crippen LogP contribution in [0.5, 0.6) is 5.75 Å². The van der Waals surface area contributed by atoms with E-state index in [-0.39, 0.29) is 30.9 Å². The van der Waals surface area contributed by atoms with Gasteiger partial charge >= 0.3 is 0 Å². The topological polar surface area (TPSA) is 97.3 Å². The number of aromatic nitrogens is 3. The first-order chi connectivity index (χ1) is 20.5. The van der Waals surface area contributed by atoms with Crippen molar-refractivity contribution in [3.63, 3.8) is 0 Å². The van der Waals surface area contributed by atoms with Crippen molar-refractivity contribution in [2.24, 2.45) is 0 Å². The number of benzene rings is 2. The van der Waals surface area contributed by atoms with Crippen molar-refractivity contribution in [2.45, 2.75) is 54.7 Å². The molecule has 2 aromatic carbocycles. The lowest BCUT2D eigenvalue weighted by atomic mass is 9.97. The molecule has 4 aromatic rings. The molecule has 0 spiro atoms. The van der Waals surface area contributed by atoms with Crippen LogP contribution in [0.25, 0.3) is 16.3 Å². The molecule has 2 aromatic heterocycles. The summed E-state index contributed by atoms with van der Waals surface area (Å²) in [4.78, 5) is 32.5. The number of fused-ring (bicyclic) bond motifs is 1. The number of nitrogens with one attached hydrogen (secondary N) is 1. The minimum absolute atomic E-state index is 0.0937. The number of nitrogens with zero attached hydrogens (tertiary/aromatic N) is 4. The molecule has 42 heavy (non-hydrogen) atoms. The van der Waals surface area contributed by atoms with Gasteiger partial charge in [-0.25, -0.2) is 4.98 Å². The predicted octanol–water partition coefficient (Wildman–Crippen LogP) is 7.38. The average Bonchev–Trinajstić information content (AvgIpc) is 3.69. The van der Waals surface area contributed by atoms with Gasteiger partial charge in [-0.05, 0) is 50.0 Å². The molecule has 13 heteroatoms. The van der Waals surface area contributed by atoms with Gasteiger partial charge in [-0.3, -0.25) is 14.5 Å². The van der Waals surface area contributed by atoms with Gasteiger partial charge in [-0.1, -0.05) is 83.8 Å². The largest absolute Gasteiger partial charge is 0.490 e. The molecule has 216 valence electrons. The van der Waals surface area contributed by atoms with Crippen LogP contribution in [0.15, 0.2) is 57.8 Å². The van der Waals surface area contributed by atoms with Crippen LogP contribution in [-0.4, -0.2) is 48.9 Å². The number of thioether (sulfide) groups is 2. The number of ether oxygens (including phenoxy) is 1. The maximum atomic E-state index is 13.2. The summed E-state index contributed by atoms with van der Waals surface area (Å²) in [7, 11) is 0. The van der Waals surface area contributed by atoms with Crippen molar-refractivity contribution in [2.75, 3.05) is 11.9 Å². The molecule has 0 radical (unpaired) electrons. The van der Waals surface area contributed by atoms with Gasteiger partial charge in [0.15, 0.2) is 4.34 Å². The lowest BCUT2D eigenvalue weighted by molar-refractivity contribution is -0.122. The summed E-state index contributed by atoms with van der Waals surface area (Å²) >= 11 is 11.3. The van der Waals surface area contributed by atoms with Crippen molar-refractivity contribution in [1.82, 2.24) is 20.1 Å². The third-order valence-corrected chi connectivity index (χ3v) is 11.4. The molecule has 2 fully saturated rings. The quantitative estimate of drug-likeness (QED) is 0.107. The van der Waals surface area contributed by atoms with Gasteiger partial charge in [0.25, 0.3) is 5.91 Å². The van der Waals surface area contributed by atoms with Gasteiger partial charge < -0.3 is 10.1 Å². The predicted molar refractivity (Wildman–Crippen MR) is 176 cm³/mol. The number of hydrogen-bond donors (Lipinski definition) is 1. The monoisotopic (exact) mass is 653 g/mol. The van der Waals surface area contributed by atoms with E-state index in [1.807, 2.05) is 48.5 Å². The Morgan fingerprint density at radius 1 is 1.10 bits per heavy atom. The van der Waals surface area contributed by atoms with Crippen LogP contribution in [0.3, 0.4) is 0 Å². The van der Waals surface area contributed by atoms with Crippen LogP contribution in [0.2, 0.25) is 0 Å². The van der Waals surface area contributed by atoms with Gasteiger partial charge in [-0.2, -0.15) is 0 Å². The van der Waals surface area contributed by atoms with E-state index in [0.29, 0.717) is 20.1 Å². The number of thiocarbonyl (C=S) groups is 1. The lowest BCUT2D eigenvalue weighted by Crippen LogP contribution is -2.31. The average molecular weight is 654 g/mol. The first kappa shape index (κ1) is 29.2. The second-order valence-electron chi connectivity index (χ2n) is 9.78. The summed E-state index contributed by atoms with van der Waals surface area (Å²) in [6.07, 6.45) is 7.88. The molecule has 2 aliphatic rings. The standard InChI is InChI=1S/C29H27N5O3S5/c35-24(31-27-33-32-25(42-27)17-39-28-30-20-11-5-7-13-22(20)40-28)14-15-34-26(36)23(41-29(34)38)16-18-8-4-6-12-21(18)37-19-9-2-1-3-10-19/h4-8,11-13,16,19H,1-3,9-10,14-15,17H2,(H,31,33,35)/b23-16-. The second kappa shape index (κ2) is 13.6. The van der Waals surface area contributed by atoms with Gasteiger partial charge in [0.2, 0.25) is 11.0 Å². The fourth-order valence-corrected chi connectivity index (χ4v) is 8.81. The molecular formula is C29H27N5O3S5. The van der Waals surface area contributed by atoms with E-state index in [9.17, 15) is 9.59 Å². The molecule has 1 saturated carbocycles. The van der Waals surface area contributed by atoms with Crippen molar-refractivity contribution >= 4 is 96.0 Å². The SMILES string of the molecule is O=C(CCN1C(=O)/C(=C/c2ccccc2OC2CCCCC2)SC1=S)Nc1nnc(CSc2nc3ccccc3s2)s1. The lowest BCUT2D eigenvalue weighted by Gasteiger charge is -2.23. The van der Waals surface area contributed by atoms with Crippen molar-refractivity contribution in [3.8, 4) is 5.75 Å². The number of carbonyl (C=O) groups is 2. The molecule has 0 atom stereocenters. The fourth-order valence-electron chi connectivity index (χ4n) is 4.70. The van der Waals surface area contributed by atoms with E-state index in [4.69, 9.17) is 17.0 Å². The highest BCUT2D eigenvalue weighted by molar-refractivity contribution is 8.26. The molecule has 2 amide bonds. The van der Waals surface area contributed by atoms with E-state index in [1.165, 1.54) is 47.3 Å². The minimum atomic E-state index is -0.249. The zero-order chi connectivity index (χ0) is 28.9. The molecule has 6 rings (SSSR count). The van der Waals surface area contributed by atoms with Gasteiger partial charge in [0, 0.05) is 18.5 Å². The van der Waals surface area contributed by atoms with Gasteiger partial charge in [0.05, 0.1) is 27.0 Å². The Balaban J connectivity index is 1.01. The highest BCUT2D eigenvalue weighted by Gasteiger charge is 2.32. The maximum absolute atomic E-state index is 13.2. The molecule has 8 nitrogen and oxygen atoms in total. The van der Waals surface area contributed by atoms with E-state index in [0.717, 1.165) is 43.7 Å². The minimum Gasteiger partial charge on any atom is -0.490 e. The first-order valence-electron chi connectivity index (χ1n) is 13.6. The third-order valence-electron chi connectivity index (χ3n) is 6.79.